The molecule has 1 unspecified atom stereocenters. The molecule has 3 aromatic heterocycles. The molecule has 1 aliphatic heterocycles. The van der Waals surface area contributed by atoms with Gasteiger partial charge in [-0.15, -0.1) is 5.92 Å². The summed E-state index contributed by atoms with van der Waals surface area (Å²) < 4.78 is 6.61. The predicted octanol–water partition coefficient (Wildman–Crippen LogP) is 2.29. The van der Waals surface area contributed by atoms with Crippen molar-refractivity contribution in [2.45, 2.75) is 45.4 Å². The minimum atomic E-state index is -0.441. The third-order valence-corrected chi connectivity index (χ3v) is 7.58. The maximum Gasteiger partial charge on any atom is 0.332 e. The third kappa shape index (κ3) is 4.48. The Balaban J connectivity index is 1.52. The fraction of sp³-hybridized carbons (Fsp3) is 0.333. The van der Waals surface area contributed by atoms with Crippen molar-refractivity contribution in [1.82, 2.24) is 28.2 Å². The molecule has 1 saturated heterocycles. The quantitative estimate of drug-likeness (QED) is 0.334. The lowest BCUT2D eigenvalue weighted by atomic mass is 10.1. The molecule has 0 aliphatic carbocycles. The number of nitrogens with zero attached hydrogens (tertiary/aromatic N) is 7. The van der Waals surface area contributed by atoms with Gasteiger partial charge in [0.05, 0.1) is 24.1 Å². The van der Waals surface area contributed by atoms with Gasteiger partial charge in [0.1, 0.15) is 5.82 Å². The Hall–Kier alpha value is -4.62. The molecule has 4 heterocycles. The van der Waals surface area contributed by atoms with Gasteiger partial charge in [0.2, 0.25) is 5.95 Å². The Bertz CT molecular complexity index is 1880. The number of anilines is 1. The van der Waals surface area contributed by atoms with Crippen LogP contribution < -0.4 is 21.9 Å². The van der Waals surface area contributed by atoms with Gasteiger partial charge < -0.3 is 15.2 Å². The largest absolute Gasteiger partial charge is 0.341 e. The summed E-state index contributed by atoms with van der Waals surface area (Å²) in [6, 6.07) is 18.0. The molecular weight excluding hydrogens is 504 g/mol. The Morgan fingerprint density at radius 1 is 0.975 bits per heavy atom. The lowest BCUT2D eigenvalue weighted by Crippen LogP contribution is -2.44. The molecule has 0 bridgehead atoms. The maximum absolute atomic E-state index is 14.1. The number of hydrogen-bond donors (Lipinski definition) is 1. The Morgan fingerprint density at radius 3 is 2.52 bits per heavy atom. The number of para-hydroxylation sites is 2. The van der Waals surface area contributed by atoms with Crippen LogP contribution in [-0.4, -0.2) is 47.4 Å². The highest BCUT2D eigenvalue weighted by atomic mass is 16.2. The van der Waals surface area contributed by atoms with E-state index in [4.69, 9.17) is 15.7 Å². The van der Waals surface area contributed by atoms with Crippen LogP contribution in [0.4, 0.5) is 5.95 Å². The summed E-state index contributed by atoms with van der Waals surface area (Å²) in [5.74, 6) is 7.25. The summed E-state index contributed by atoms with van der Waals surface area (Å²) in [6.07, 6.45) is 1.88. The first-order valence-electron chi connectivity index (χ1n) is 13.5. The first-order chi connectivity index (χ1) is 19.5. The minimum Gasteiger partial charge on any atom is -0.341 e. The molecule has 2 aromatic carbocycles. The molecule has 10 nitrogen and oxygen atoms in total. The number of benzene rings is 2. The van der Waals surface area contributed by atoms with Crippen molar-refractivity contribution in [2.24, 2.45) is 12.8 Å². The first-order valence-corrected chi connectivity index (χ1v) is 13.5. The summed E-state index contributed by atoms with van der Waals surface area (Å²) in [5.41, 5.74) is 8.97. The molecule has 0 saturated carbocycles. The zero-order valence-electron chi connectivity index (χ0n) is 22.7. The Morgan fingerprint density at radius 2 is 1.75 bits per heavy atom. The molecule has 0 radical (unpaired) electrons. The number of piperidine rings is 1. The van der Waals surface area contributed by atoms with Gasteiger partial charge in [0.15, 0.2) is 11.2 Å². The van der Waals surface area contributed by atoms with E-state index in [0.717, 1.165) is 36.0 Å². The summed E-state index contributed by atoms with van der Waals surface area (Å²) in [6.45, 7) is 4.06. The number of imidazole rings is 2. The molecule has 6 rings (SSSR count). The van der Waals surface area contributed by atoms with E-state index in [1.165, 1.54) is 9.13 Å². The van der Waals surface area contributed by atoms with E-state index in [0.29, 0.717) is 36.0 Å². The maximum atomic E-state index is 14.1. The lowest BCUT2D eigenvalue weighted by Gasteiger charge is -2.31. The van der Waals surface area contributed by atoms with Gasteiger partial charge in [-0.25, -0.2) is 9.78 Å². The average molecular weight is 537 g/mol. The second-order valence-corrected chi connectivity index (χ2v) is 10.3. The van der Waals surface area contributed by atoms with Crippen LogP contribution in [0.15, 0.2) is 64.2 Å². The van der Waals surface area contributed by atoms with Crippen LogP contribution in [0.3, 0.4) is 0 Å². The molecule has 5 aromatic rings. The van der Waals surface area contributed by atoms with Crippen molar-refractivity contribution in [3.05, 3.63) is 86.8 Å². The molecule has 1 fully saturated rings. The number of fused-ring (bicyclic) bond motifs is 2. The third-order valence-electron chi connectivity index (χ3n) is 7.58. The zero-order valence-corrected chi connectivity index (χ0v) is 22.7. The fourth-order valence-electron chi connectivity index (χ4n) is 5.57. The molecule has 0 amide bonds. The van der Waals surface area contributed by atoms with Gasteiger partial charge in [0.25, 0.3) is 5.56 Å². The standard InChI is InChI=1S/C30H32N8O2/c1-3-4-17-36-26-27(33-29(36)35-16-10-13-22(31)19-35)34(2)30(40)38(28(26)39)20-25-32-23-14-8-9-15-24(23)37(25)18-21-11-6-5-7-12-21/h5-9,11-12,14-15,22H,10,13,16-20,31H2,1-2H3. The smallest absolute Gasteiger partial charge is 0.332 e. The number of rotatable bonds is 6. The Labute approximate surface area is 231 Å². The normalized spacial score (nSPS) is 15.5. The topological polar surface area (TPSA) is 109 Å². The van der Waals surface area contributed by atoms with Crippen molar-refractivity contribution < 1.29 is 0 Å². The summed E-state index contributed by atoms with van der Waals surface area (Å²) in [7, 11) is 1.65. The molecule has 1 atom stereocenters. The van der Waals surface area contributed by atoms with Crippen LogP contribution in [0.1, 0.15) is 31.2 Å². The van der Waals surface area contributed by atoms with Gasteiger partial charge >= 0.3 is 5.69 Å². The van der Waals surface area contributed by atoms with Gasteiger partial charge in [-0.2, -0.15) is 4.98 Å². The van der Waals surface area contributed by atoms with Crippen molar-refractivity contribution in [1.29, 1.82) is 0 Å². The van der Waals surface area contributed by atoms with E-state index in [1.54, 1.807) is 14.0 Å². The van der Waals surface area contributed by atoms with Crippen molar-refractivity contribution >= 4 is 28.1 Å². The highest BCUT2D eigenvalue weighted by Crippen LogP contribution is 2.23. The molecule has 10 heteroatoms. The molecular formula is C30H32N8O2. The first kappa shape index (κ1) is 25.6. The highest BCUT2D eigenvalue weighted by molar-refractivity contribution is 5.76. The van der Waals surface area contributed by atoms with Gasteiger partial charge in [0, 0.05) is 32.7 Å². The number of aromatic nitrogens is 6. The predicted molar refractivity (Wildman–Crippen MR) is 156 cm³/mol. The van der Waals surface area contributed by atoms with Crippen LogP contribution in [0.5, 0.6) is 0 Å². The van der Waals surface area contributed by atoms with Gasteiger partial charge in [-0.3, -0.25) is 18.5 Å². The summed E-state index contributed by atoms with van der Waals surface area (Å²) in [4.78, 5) is 39.5. The molecule has 204 valence electrons. The van der Waals surface area contributed by atoms with E-state index in [1.807, 2.05) is 47.0 Å². The van der Waals surface area contributed by atoms with Crippen molar-refractivity contribution in [3.8, 4) is 11.8 Å². The monoisotopic (exact) mass is 536 g/mol. The van der Waals surface area contributed by atoms with Gasteiger partial charge in [-0.05, 0) is 37.5 Å². The number of aryl methyl sites for hydroxylation is 1. The number of nitrogens with two attached hydrogens (primary N) is 1. The van der Waals surface area contributed by atoms with E-state index in [9.17, 15) is 9.59 Å². The minimum absolute atomic E-state index is 0.0253. The number of hydrogen-bond acceptors (Lipinski definition) is 6. The SMILES string of the molecule is CC#CCn1c(N2CCCC(N)C2)nc2c1c(=O)n(Cc1nc3ccccc3n1Cc1ccccc1)c(=O)n2C. The fourth-order valence-corrected chi connectivity index (χ4v) is 5.57. The zero-order chi connectivity index (χ0) is 27.8. The van der Waals surface area contributed by atoms with E-state index in [2.05, 4.69) is 33.4 Å². The van der Waals surface area contributed by atoms with E-state index >= 15 is 0 Å². The molecule has 0 spiro atoms. The second-order valence-electron chi connectivity index (χ2n) is 10.3. The Kier molecular flexibility index (Phi) is 6.74. The van der Waals surface area contributed by atoms with Crippen LogP contribution in [0.25, 0.3) is 22.2 Å². The molecule has 2 N–H and O–H groups in total. The molecule has 1 aliphatic rings. The van der Waals surface area contributed by atoms with Crippen molar-refractivity contribution in [3.63, 3.8) is 0 Å². The van der Waals surface area contributed by atoms with Crippen molar-refractivity contribution in [2.75, 3.05) is 18.0 Å². The second kappa shape index (κ2) is 10.5. The summed E-state index contributed by atoms with van der Waals surface area (Å²) in [5, 5.41) is 0. The molecule has 40 heavy (non-hydrogen) atoms. The van der Waals surface area contributed by atoms with Crippen LogP contribution in [0, 0.1) is 11.8 Å². The van der Waals surface area contributed by atoms with Crippen LogP contribution in [-0.2, 0) is 26.7 Å². The summed E-state index contributed by atoms with van der Waals surface area (Å²) >= 11 is 0. The van der Waals surface area contributed by atoms with Gasteiger partial charge in [-0.1, -0.05) is 48.4 Å². The highest BCUT2D eigenvalue weighted by Gasteiger charge is 2.26. The van der Waals surface area contributed by atoms with Crippen LogP contribution >= 0.6 is 0 Å². The van der Waals surface area contributed by atoms with Crippen LogP contribution in [0.2, 0.25) is 0 Å². The average Bonchev–Trinajstić information content (AvgIpc) is 3.52. The lowest BCUT2D eigenvalue weighted by molar-refractivity contribution is 0.496. The van der Waals surface area contributed by atoms with E-state index < -0.39 is 11.2 Å². The van der Waals surface area contributed by atoms with E-state index in [-0.39, 0.29) is 19.1 Å².